The molecule has 0 aromatic heterocycles. The Hall–Kier alpha value is -1.84. The van der Waals surface area contributed by atoms with Crippen molar-refractivity contribution in [2.45, 2.75) is 6.92 Å². The van der Waals surface area contributed by atoms with Crippen LogP contribution in [0.15, 0.2) is 35.3 Å². The van der Waals surface area contributed by atoms with Gasteiger partial charge in [0.15, 0.2) is 0 Å². The van der Waals surface area contributed by atoms with E-state index < -0.39 is 6.09 Å². The maximum absolute atomic E-state index is 11.3. The number of benzene rings is 1. The van der Waals surface area contributed by atoms with Gasteiger partial charge in [-0.3, -0.25) is 0 Å². The number of carbonyl (C=O) groups is 1. The molecule has 0 atom stereocenters. The summed E-state index contributed by atoms with van der Waals surface area (Å²) in [5.74, 6) is 1.11. The molecule has 1 aromatic carbocycles. The summed E-state index contributed by atoms with van der Waals surface area (Å²) >= 11 is 0. The number of para-hydroxylation sites is 1. The lowest BCUT2D eigenvalue weighted by Crippen LogP contribution is -2.20. The van der Waals surface area contributed by atoms with Crippen molar-refractivity contribution in [1.29, 1.82) is 0 Å². The van der Waals surface area contributed by atoms with Crippen LogP contribution in [0.25, 0.3) is 0 Å². The first-order valence-corrected chi connectivity index (χ1v) is 4.59. The molecule has 15 heavy (non-hydrogen) atoms. The van der Waals surface area contributed by atoms with Crippen molar-refractivity contribution < 1.29 is 9.53 Å². The molecule has 0 saturated carbocycles. The van der Waals surface area contributed by atoms with Crippen molar-refractivity contribution in [3.05, 3.63) is 30.3 Å². The number of amides is 1. The van der Waals surface area contributed by atoms with Gasteiger partial charge in [-0.25, -0.2) is 4.79 Å². The topological polar surface area (TPSA) is 41.9 Å². The smallest absolute Gasteiger partial charge is 0.409 e. The molecule has 0 unspecified atom stereocenters. The fourth-order valence-corrected chi connectivity index (χ4v) is 0.844. The maximum atomic E-state index is 11.3. The third-order valence-corrected chi connectivity index (χ3v) is 1.85. The van der Waals surface area contributed by atoms with Crippen LogP contribution in [0.2, 0.25) is 0 Å². The first kappa shape index (κ1) is 11.2. The molecule has 0 saturated heterocycles. The lowest BCUT2D eigenvalue weighted by Gasteiger charge is -2.10. The third-order valence-electron chi connectivity index (χ3n) is 1.85. The number of aliphatic imine (C=N–C) groups is 1. The van der Waals surface area contributed by atoms with Crippen LogP contribution in [-0.4, -0.2) is 30.9 Å². The summed E-state index contributed by atoms with van der Waals surface area (Å²) in [6.07, 6.45) is -0.604. The van der Waals surface area contributed by atoms with Crippen LogP contribution < -0.4 is 4.74 Å². The highest BCUT2D eigenvalue weighted by molar-refractivity contribution is 5.90. The summed E-state index contributed by atoms with van der Waals surface area (Å²) in [5.41, 5.74) is 0. The Morgan fingerprint density at radius 3 is 2.40 bits per heavy atom. The minimum absolute atomic E-state index is 0.498. The summed E-state index contributed by atoms with van der Waals surface area (Å²) in [4.78, 5) is 16.8. The van der Waals surface area contributed by atoms with Gasteiger partial charge in [-0.1, -0.05) is 18.2 Å². The van der Waals surface area contributed by atoms with Gasteiger partial charge in [0.2, 0.25) is 0 Å². The second kappa shape index (κ2) is 5.14. The van der Waals surface area contributed by atoms with Crippen LogP contribution in [0.5, 0.6) is 5.75 Å². The lowest BCUT2D eigenvalue weighted by atomic mass is 10.3. The molecule has 4 heteroatoms. The minimum atomic E-state index is -0.604. The number of carbonyl (C=O) groups excluding carboxylic acids is 1. The highest BCUT2D eigenvalue weighted by atomic mass is 16.5. The predicted octanol–water partition coefficient (Wildman–Crippen LogP) is 2.17. The standard InChI is InChI=1S/C11H14N2O2/c1-9(13(2)3)12-11(14)15-10-7-5-4-6-8-10/h4-8H,1-3H3. The van der Waals surface area contributed by atoms with Gasteiger partial charge >= 0.3 is 6.09 Å². The van der Waals surface area contributed by atoms with E-state index in [0.717, 1.165) is 0 Å². The molecule has 1 aromatic rings. The van der Waals surface area contributed by atoms with Gasteiger partial charge in [-0.05, 0) is 19.1 Å². The Morgan fingerprint density at radius 2 is 1.87 bits per heavy atom. The van der Waals surface area contributed by atoms with E-state index in [1.165, 1.54) is 0 Å². The monoisotopic (exact) mass is 206 g/mol. The SMILES string of the molecule is CC(=NC(=O)Oc1ccccc1)N(C)C. The van der Waals surface area contributed by atoms with Crippen molar-refractivity contribution >= 4 is 11.9 Å². The Balaban J connectivity index is 2.61. The second-order valence-electron chi connectivity index (χ2n) is 3.23. The quantitative estimate of drug-likeness (QED) is 0.522. The van der Waals surface area contributed by atoms with Crippen molar-refractivity contribution in [2.75, 3.05) is 14.1 Å². The van der Waals surface area contributed by atoms with Gasteiger partial charge in [-0.2, -0.15) is 4.99 Å². The van der Waals surface area contributed by atoms with Crippen LogP contribution in [0.1, 0.15) is 6.92 Å². The van der Waals surface area contributed by atoms with Gasteiger partial charge < -0.3 is 9.64 Å². The molecule has 0 bridgehead atoms. The van der Waals surface area contributed by atoms with Gasteiger partial charge in [0.05, 0.1) is 0 Å². The number of rotatable bonds is 1. The minimum Gasteiger partial charge on any atom is -0.409 e. The van der Waals surface area contributed by atoms with Crippen molar-refractivity contribution in [3.8, 4) is 5.75 Å². The third kappa shape index (κ3) is 3.81. The fourth-order valence-electron chi connectivity index (χ4n) is 0.844. The van der Waals surface area contributed by atoms with Gasteiger partial charge in [0.1, 0.15) is 11.6 Å². The average molecular weight is 206 g/mol. The van der Waals surface area contributed by atoms with Crippen LogP contribution >= 0.6 is 0 Å². The van der Waals surface area contributed by atoms with E-state index in [2.05, 4.69) is 4.99 Å². The van der Waals surface area contributed by atoms with E-state index >= 15 is 0 Å². The van der Waals surface area contributed by atoms with Gasteiger partial charge in [-0.15, -0.1) is 0 Å². The molecule has 1 rings (SSSR count). The molecule has 0 radical (unpaired) electrons. The Labute approximate surface area is 89.2 Å². The lowest BCUT2D eigenvalue weighted by molar-refractivity contribution is 0.211. The zero-order chi connectivity index (χ0) is 11.3. The van der Waals surface area contributed by atoms with Crippen molar-refractivity contribution in [1.82, 2.24) is 4.90 Å². The summed E-state index contributed by atoms with van der Waals surface area (Å²) in [5, 5.41) is 0. The molecule has 0 aliphatic heterocycles. The molecule has 0 spiro atoms. The number of ether oxygens (including phenoxy) is 1. The highest BCUT2D eigenvalue weighted by Crippen LogP contribution is 2.09. The van der Waals surface area contributed by atoms with Gasteiger partial charge in [0.25, 0.3) is 0 Å². The fraction of sp³-hybridized carbons (Fsp3) is 0.273. The summed E-state index contributed by atoms with van der Waals surface area (Å²) in [6.45, 7) is 1.74. The average Bonchev–Trinajstić information content (AvgIpc) is 2.18. The van der Waals surface area contributed by atoms with Gasteiger partial charge in [0, 0.05) is 14.1 Å². The molecule has 0 fully saturated rings. The number of nitrogens with zero attached hydrogens (tertiary/aromatic N) is 2. The normalized spacial score (nSPS) is 11.0. The molecule has 80 valence electrons. The van der Waals surface area contributed by atoms with E-state index in [1.54, 1.807) is 36.1 Å². The second-order valence-corrected chi connectivity index (χ2v) is 3.23. The van der Waals surface area contributed by atoms with Crippen LogP contribution in [0.3, 0.4) is 0 Å². The molecule has 0 N–H and O–H groups in total. The molecule has 0 aliphatic carbocycles. The number of amidine groups is 1. The summed E-state index contributed by atoms with van der Waals surface area (Å²) < 4.78 is 4.98. The van der Waals surface area contributed by atoms with Crippen LogP contribution in [0.4, 0.5) is 4.79 Å². The van der Waals surface area contributed by atoms with E-state index in [0.29, 0.717) is 11.6 Å². The Bertz CT molecular complexity index is 358. The van der Waals surface area contributed by atoms with E-state index in [4.69, 9.17) is 4.74 Å². The van der Waals surface area contributed by atoms with Crippen LogP contribution in [-0.2, 0) is 0 Å². The highest BCUT2D eigenvalue weighted by Gasteiger charge is 2.03. The molecular formula is C11H14N2O2. The summed E-state index contributed by atoms with van der Waals surface area (Å²) in [6, 6.07) is 8.86. The zero-order valence-corrected chi connectivity index (χ0v) is 9.10. The predicted molar refractivity (Wildman–Crippen MR) is 59.3 cm³/mol. The first-order chi connectivity index (χ1) is 7.09. The Morgan fingerprint density at radius 1 is 1.27 bits per heavy atom. The molecule has 0 aliphatic rings. The van der Waals surface area contributed by atoms with Crippen molar-refractivity contribution in [2.24, 2.45) is 4.99 Å². The largest absolute Gasteiger partial charge is 0.440 e. The number of hydrogen-bond donors (Lipinski definition) is 0. The summed E-state index contributed by atoms with van der Waals surface area (Å²) in [7, 11) is 3.63. The van der Waals surface area contributed by atoms with E-state index in [9.17, 15) is 4.79 Å². The van der Waals surface area contributed by atoms with Crippen LogP contribution in [0, 0.1) is 0 Å². The molecule has 4 nitrogen and oxygen atoms in total. The molecular weight excluding hydrogens is 192 g/mol. The van der Waals surface area contributed by atoms with E-state index in [-0.39, 0.29) is 0 Å². The van der Waals surface area contributed by atoms with E-state index in [1.807, 2.05) is 20.2 Å². The Kier molecular flexibility index (Phi) is 3.85. The first-order valence-electron chi connectivity index (χ1n) is 4.59. The molecule has 1 amide bonds. The molecule has 0 heterocycles. The number of hydrogen-bond acceptors (Lipinski definition) is 2. The zero-order valence-electron chi connectivity index (χ0n) is 9.10. The maximum Gasteiger partial charge on any atom is 0.440 e. The van der Waals surface area contributed by atoms with Crippen molar-refractivity contribution in [3.63, 3.8) is 0 Å².